The summed E-state index contributed by atoms with van der Waals surface area (Å²) in [5.41, 5.74) is 3.59. The number of furan rings is 1. The number of benzene rings is 1. The Kier molecular flexibility index (Phi) is 3.67. The number of rotatable bonds is 5. The van der Waals surface area contributed by atoms with E-state index in [1.54, 1.807) is 11.3 Å². The Morgan fingerprint density at radius 1 is 1.26 bits per heavy atom. The van der Waals surface area contributed by atoms with Crippen LogP contribution in [0.25, 0.3) is 11.0 Å². The number of fused-ring (bicyclic) bond motifs is 1. The summed E-state index contributed by atoms with van der Waals surface area (Å²) in [5.74, 6) is 0. The molecule has 3 heteroatoms. The van der Waals surface area contributed by atoms with Gasteiger partial charge < -0.3 is 9.73 Å². The van der Waals surface area contributed by atoms with Gasteiger partial charge in [0, 0.05) is 17.0 Å². The number of hydrogen-bond donors (Lipinski definition) is 1. The van der Waals surface area contributed by atoms with Gasteiger partial charge in [0.15, 0.2) is 0 Å². The smallest absolute Gasteiger partial charge is 0.134 e. The van der Waals surface area contributed by atoms with Crippen molar-refractivity contribution in [3.8, 4) is 0 Å². The average Bonchev–Trinajstić information content (AvgIpc) is 3.07. The van der Waals surface area contributed by atoms with Crippen molar-refractivity contribution in [3.05, 3.63) is 58.5 Å². The predicted molar refractivity (Wildman–Crippen MR) is 80.7 cm³/mol. The van der Waals surface area contributed by atoms with Crippen molar-refractivity contribution >= 4 is 22.3 Å². The standard InChI is InChI=1S/C16H17NOS/c1-2-17-15(9-12-7-8-19-11-12)14-10-18-16-6-4-3-5-13(14)16/h3-8,10-11,15,17H,2,9H2,1H3. The van der Waals surface area contributed by atoms with Gasteiger partial charge in [-0.1, -0.05) is 25.1 Å². The van der Waals surface area contributed by atoms with Gasteiger partial charge in [0.1, 0.15) is 5.58 Å². The van der Waals surface area contributed by atoms with Crippen LogP contribution in [0.1, 0.15) is 24.1 Å². The molecule has 0 saturated carbocycles. The molecule has 1 atom stereocenters. The number of thiophene rings is 1. The van der Waals surface area contributed by atoms with Crippen molar-refractivity contribution in [1.29, 1.82) is 0 Å². The second-order valence-corrected chi connectivity index (χ2v) is 5.41. The highest BCUT2D eigenvalue weighted by molar-refractivity contribution is 7.07. The minimum Gasteiger partial charge on any atom is -0.464 e. The lowest BCUT2D eigenvalue weighted by Crippen LogP contribution is -2.22. The van der Waals surface area contributed by atoms with Gasteiger partial charge in [-0.3, -0.25) is 0 Å². The second kappa shape index (κ2) is 5.59. The summed E-state index contributed by atoms with van der Waals surface area (Å²) in [7, 11) is 0. The summed E-state index contributed by atoms with van der Waals surface area (Å²) in [6.07, 6.45) is 2.89. The molecule has 2 aromatic heterocycles. The monoisotopic (exact) mass is 271 g/mol. The molecular formula is C16H17NOS. The molecule has 0 bridgehead atoms. The fourth-order valence-electron chi connectivity index (χ4n) is 2.45. The Morgan fingerprint density at radius 3 is 2.95 bits per heavy atom. The van der Waals surface area contributed by atoms with Gasteiger partial charge in [0.05, 0.1) is 6.26 Å². The fourth-order valence-corrected chi connectivity index (χ4v) is 3.13. The van der Waals surface area contributed by atoms with E-state index in [1.807, 2.05) is 18.4 Å². The molecule has 0 saturated heterocycles. The fraction of sp³-hybridized carbons (Fsp3) is 0.250. The van der Waals surface area contributed by atoms with Crippen LogP contribution < -0.4 is 5.32 Å². The summed E-state index contributed by atoms with van der Waals surface area (Å²) in [4.78, 5) is 0. The quantitative estimate of drug-likeness (QED) is 0.744. The van der Waals surface area contributed by atoms with Gasteiger partial charge in [0.25, 0.3) is 0 Å². The number of hydrogen-bond acceptors (Lipinski definition) is 3. The van der Waals surface area contributed by atoms with E-state index < -0.39 is 0 Å². The molecule has 2 heterocycles. The molecule has 98 valence electrons. The van der Waals surface area contributed by atoms with E-state index in [0.717, 1.165) is 18.5 Å². The van der Waals surface area contributed by atoms with Crippen LogP contribution in [0, 0.1) is 0 Å². The summed E-state index contributed by atoms with van der Waals surface area (Å²) >= 11 is 1.75. The van der Waals surface area contributed by atoms with Crippen molar-refractivity contribution < 1.29 is 4.42 Å². The largest absolute Gasteiger partial charge is 0.464 e. The van der Waals surface area contributed by atoms with Crippen molar-refractivity contribution in [2.45, 2.75) is 19.4 Å². The minimum atomic E-state index is 0.309. The Balaban J connectivity index is 1.95. The molecule has 0 radical (unpaired) electrons. The SMILES string of the molecule is CCNC(Cc1ccsc1)c1coc2ccccc12. The zero-order chi connectivity index (χ0) is 13.1. The third kappa shape index (κ3) is 2.57. The van der Waals surface area contributed by atoms with Crippen molar-refractivity contribution in [3.63, 3.8) is 0 Å². The lowest BCUT2D eigenvalue weighted by atomic mass is 10.00. The molecule has 3 aromatic rings. The van der Waals surface area contributed by atoms with Gasteiger partial charge in [-0.15, -0.1) is 0 Å². The van der Waals surface area contributed by atoms with Crippen molar-refractivity contribution in [2.24, 2.45) is 0 Å². The zero-order valence-corrected chi connectivity index (χ0v) is 11.7. The van der Waals surface area contributed by atoms with E-state index >= 15 is 0 Å². The van der Waals surface area contributed by atoms with Gasteiger partial charge in [-0.2, -0.15) is 11.3 Å². The molecule has 3 rings (SSSR count). The van der Waals surface area contributed by atoms with Crippen LogP contribution in [0.5, 0.6) is 0 Å². The van der Waals surface area contributed by atoms with E-state index in [-0.39, 0.29) is 0 Å². The van der Waals surface area contributed by atoms with Gasteiger partial charge in [-0.25, -0.2) is 0 Å². The van der Waals surface area contributed by atoms with E-state index in [9.17, 15) is 0 Å². The lowest BCUT2D eigenvalue weighted by molar-refractivity contribution is 0.536. The maximum absolute atomic E-state index is 5.66. The lowest BCUT2D eigenvalue weighted by Gasteiger charge is -2.16. The molecule has 0 aliphatic heterocycles. The Labute approximate surface area is 117 Å². The molecular weight excluding hydrogens is 254 g/mol. The maximum Gasteiger partial charge on any atom is 0.134 e. The first kappa shape index (κ1) is 12.5. The first-order valence-electron chi connectivity index (χ1n) is 6.59. The van der Waals surface area contributed by atoms with E-state index in [1.165, 1.54) is 16.5 Å². The first-order valence-corrected chi connectivity index (χ1v) is 7.53. The number of nitrogens with one attached hydrogen (secondary N) is 1. The molecule has 2 nitrogen and oxygen atoms in total. The molecule has 0 aliphatic carbocycles. The molecule has 1 aromatic carbocycles. The summed E-state index contributed by atoms with van der Waals surface area (Å²) in [6.45, 7) is 3.09. The molecule has 0 spiro atoms. The zero-order valence-electron chi connectivity index (χ0n) is 10.9. The first-order chi connectivity index (χ1) is 9.38. The van der Waals surface area contributed by atoms with Crippen LogP contribution in [-0.4, -0.2) is 6.54 Å². The Morgan fingerprint density at radius 2 is 2.16 bits per heavy atom. The Bertz CT molecular complexity index is 642. The van der Waals surface area contributed by atoms with Crippen LogP contribution in [0.15, 0.2) is 51.8 Å². The Hall–Kier alpha value is -1.58. The highest BCUT2D eigenvalue weighted by atomic mass is 32.1. The molecule has 0 aliphatic rings. The summed E-state index contributed by atoms with van der Waals surface area (Å²) < 4.78 is 5.66. The van der Waals surface area contributed by atoms with E-state index in [4.69, 9.17) is 4.42 Å². The van der Waals surface area contributed by atoms with Gasteiger partial charge >= 0.3 is 0 Å². The number of likely N-dealkylation sites (N-methyl/N-ethyl adjacent to an activating group) is 1. The van der Waals surface area contributed by atoms with Crippen molar-refractivity contribution in [2.75, 3.05) is 6.54 Å². The van der Waals surface area contributed by atoms with Crippen molar-refractivity contribution in [1.82, 2.24) is 5.32 Å². The average molecular weight is 271 g/mol. The van der Waals surface area contributed by atoms with Crippen LogP contribution in [0.3, 0.4) is 0 Å². The molecule has 1 unspecified atom stereocenters. The van der Waals surface area contributed by atoms with Crippen LogP contribution in [-0.2, 0) is 6.42 Å². The van der Waals surface area contributed by atoms with Crippen LogP contribution in [0.2, 0.25) is 0 Å². The van der Waals surface area contributed by atoms with Crippen LogP contribution in [0.4, 0.5) is 0 Å². The van der Waals surface area contributed by atoms with Gasteiger partial charge in [-0.05, 0) is 41.4 Å². The summed E-state index contributed by atoms with van der Waals surface area (Å²) in [6, 6.07) is 10.7. The van der Waals surface area contributed by atoms with E-state index in [2.05, 4.69) is 41.2 Å². The minimum absolute atomic E-state index is 0.309. The third-order valence-corrected chi connectivity index (χ3v) is 4.09. The second-order valence-electron chi connectivity index (χ2n) is 4.63. The molecule has 1 N–H and O–H groups in total. The van der Waals surface area contributed by atoms with Crippen LogP contribution >= 0.6 is 11.3 Å². The predicted octanol–water partition coefficient (Wildman–Crippen LogP) is 4.39. The highest BCUT2D eigenvalue weighted by Crippen LogP contribution is 2.28. The summed E-state index contributed by atoms with van der Waals surface area (Å²) in [5, 5.41) is 9.12. The maximum atomic E-state index is 5.66. The molecule has 0 amide bonds. The molecule has 19 heavy (non-hydrogen) atoms. The highest BCUT2D eigenvalue weighted by Gasteiger charge is 2.16. The van der Waals surface area contributed by atoms with E-state index in [0.29, 0.717) is 6.04 Å². The van der Waals surface area contributed by atoms with Gasteiger partial charge in [0.2, 0.25) is 0 Å². The topological polar surface area (TPSA) is 25.2 Å². The third-order valence-electron chi connectivity index (χ3n) is 3.36. The molecule has 0 fully saturated rings. The number of para-hydroxylation sites is 1. The normalized spacial score (nSPS) is 12.9.